The van der Waals surface area contributed by atoms with Gasteiger partial charge in [0.1, 0.15) is 11.8 Å². The molecule has 1 atom stereocenters. The molecule has 2 heterocycles. The van der Waals surface area contributed by atoms with E-state index < -0.39 is 22.0 Å². The SMILES string of the molecule is CCOC(=O)C1=NN(c2ccccc2)C(C(=O)Nc2ccc(S(=O)(=O)N3CCN(C)CC3)cc2)C1. The molecular formula is C24H29N5O5S. The number of nitrogens with zero attached hydrogens (tertiary/aromatic N) is 4. The molecule has 1 unspecified atom stereocenters. The maximum absolute atomic E-state index is 13.2. The summed E-state index contributed by atoms with van der Waals surface area (Å²) < 4.78 is 32.4. The Morgan fingerprint density at radius 1 is 1.03 bits per heavy atom. The van der Waals surface area contributed by atoms with Crippen molar-refractivity contribution in [3.8, 4) is 0 Å². The van der Waals surface area contributed by atoms with E-state index in [1.165, 1.54) is 21.4 Å². The normalized spacial score (nSPS) is 19.3. The van der Waals surface area contributed by atoms with E-state index in [0.717, 1.165) is 0 Å². The third-order valence-electron chi connectivity index (χ3n) is 5.97. The van der Waals surface area contributed by atoms with E-state index in [2.05, 4.69) is 15.3 Å². The first-order valence-electron chi connectivity index (χ1n) is 11.5. The van der Waals surface area contributed by atoms with Crippen molar-refractivity contribution in [1.29, 1.82) is 0 Å². The van der Waals surface area contributed by atoms with Crippen molar-refractivity contribution in [3.05, 3.63) is 54.6 Å². The molecule has 1 N–H and O–H groups in total. The Balaban J connectivity index is 1.48. The topological polar surface area (TPSA) is 112 Å². The minimum Gasteiger partial charge on any atom is -0.461 e. The highest BCUT2D eigenvalue weighted by Gasteiger charge is 2.37. The van der Waals surface area contributed by atoms with Crippen LogP contribution in [0, 0.1) is 0 Å². The number of sulfonamides is 1. The largest absolute Gasteiger partial charge is 0.461 e. The number of ether oxygens (including phenoxy) is 1. The van der Waals surface area contributed by atoms with Crippen LogP contribution >= 0.6 is 0 Å². The van der Waals surface area contributed by atoms with Crippen LogP contribution in [0.3, 0.4) is 0 Å². The molecule has 10 nitrogen and oxygen atoms in total. The second-order valence-electron chi connectivity index (χ2n) is 8.39. The Morgan fingerprint density at radius 2 is 1.69 bits per heavy atom. The highest BCUT2D eigenvalue weighted by Crippen LogP contribution is 2.26. The molecule has 0 spiro atoms. The standard InChI is InChI=1S/C24H29N5O5S/c1-3-34-24(31)21-17-22(29(26-21)19-7-5-4-6-8-19)23(30)25-18-9-11-20(12-10-18)35(32,33)28-15-13-27(2)14-16-28/h4-12,22H,3,13-17H2,1-2H3,(H,25,30). The molecule has 0 bridgehead atoms. The van der Waals surface area contributed by atoms with Crippen LogP contribution in [0.15, 0.2) is 64.6 Å². The second-order valence-corrected chi connectivity index (χ2v) is 10.3. The first-order valence-corrected chi connectivity index (χ1v) is 12.9. The van der Waals surface area contributed by atoms with Crippen molar-refractivity contribution in [3.63, 3.8) is 0 Å². The third-order valence-corrected chi connectivity index (χ3v) is 7.88. The summed E-state index contributed by atoms with van der Waals surface area (Å²) in [4.78, 5) is 27.7. The molecule has 0 radical (unpaired) electrons. The summed E-state index contributed by atoms with van der Waals surface area (Å²) in [5, 5.41) is 8.68. The summed E-state index contributed by atoms with van der Waals surface area (Å²) in [7, 11) is -1.63. The van der Waals surface area contributed by atoms with Crippen molar-refractivity contribution in [1.82, 2.24) is 9.21 Å². The molecule has 1 saturated heterocycles. The lowest BCUT2D eigenvalue weighted by atomic mass is 10.1. The summed E-state index contributed by atoms with van der Waals surface area (Å²) in [6.45, 7) is 4.17. The van der Waals surface area contributed by atoms with E-state index in [0.29, 0.717) is 37.6 Å². The molecule has 35 heavy (non-hydrogen) atoms. The van der Waals surface area contributed by atoms with Crippen molar-refractivity contribution in [2.45, 2.75) is 24.3 Å². The number of hydrogen-bond acceptors (Lipinski definition) is 8. The number of hydrogen-bond donors (Lipinski definition) is 1. The molecule has 0 aliphatic carbocycles. The van der Waals surface area contributed by atoms with Gasteiger partial charge in [0.25, 0.3) is 0 Å². The third kappa shape index (κ3) is 5.53. The van der Waals surface area contributed by atoms with Gasteiger partial charge in [-0.15, -0.1) is 0 Å². The average molecular weight is 500 g/mol. The molecule has 2 aliphatic rings. The Bertz CT molecular complexity index is 1190. The number of rotatable bonds is 7. The predicted molar refractivity (Wildman–Crippen MR) is 133 cm³/mol. The Kier molecular flexibility index (Phi) is 7.48. The fourth-order valence-corrected chi connectivity index (χ4v) is 5.41. The molecule has 0 aromatic heterocycles. The van der Waals surface area contributed by atoms with Crippen LogP contribution in [0.5, 0.6) is 0 Å². The number of nitrogens with one attached hydrogen (secondary N) is 1. The number of anilines is 2. The summed E-state index contributed by atoms with van der Waals surface area (Å²) >= 11 is 0. The minimum atomic E-state index is -3.60. The van der Waals surface area contributed by atoms with Gasteiger partial charge in [0.15, 0.2) is 0 Å². The van der Waals surface area contributed by atoms with Gasteiger partial charge in [0, 0.05) is 38.3 Å². The van der Waals surface area contributed by atoms with Gasteiger partial charge in [-0.05, 0) is 50.4 Å². The average Bonchev–Trinajstić information content (AvgIpc) is 3.31. The summed E-state index contributed by atoms with van der Waals surface area (Å²) in [6.07, 6.45) is 0.0927. The van der Waals surface area contributed by atoms with E-state index in [-0.39, 0.29) is 29.5 Å². The van der Waals surface area contributed by atoms with Crippen LogP contribution in [0.2, 0.25) is 0 Å². The first kappa shape index (κ1) is 24.8. The maximum atomic E-state index is 13.2. The quantitative estimate of drug-likeness (QED) is 0.578. The Labute approximate surface area is 205 Å². The summed E-state index contributed by atoms with van der Waals surface area (Å²) in [6, 6.07) is 14.5. The Morgan fingerprint density at radius 3 is 2.31 bits per heavy atom. The minimum absolute atomic E-state index is 0.0927. The van der Waals surface area contributed by atoms with Crippen LogP contribution in [-0.2, 0) is 24.3 Å². The van der Waals surface area contributed by atoms with Gasteiger partial charge >= 0.3 is 5.97 Å². The highest BCUT2D eigenvalue weighted by atomic mass is 32.2. The monoisotopic (exact) mass is 499 g/mol. The van der Waals surface area contributed by atoms with Gasteiger partial charge in [0.2, 0.25) is 15.9 Å². The van der Waals surface area contributed by atoms with Gasteiger partial charge in [-0.2, -0.15) is 9.41 Å². The van der Waals surface area contributed by atoms with Gasteiger partial charge in [-0.3, -0.25) is 9.80 Å². The van der Waals surface area contributed by atoms with Crippen LogP contribution in [-0.4, -0.2) is 81.1 Å². The van der Waals surface area contributed by atoms with Crippen LogP contribution in [0.25, 0.3) is 0 Å². The smallest absolute Gasteiger partial charge is 0.354 e. The maximum Gasteiger partial charge on any atom is 0.354 e. The van der Waals surface area contributed by atoms with Gasteiger partial charge in [-0.25, -0.2) is 13.2 Å². The number of carbonyl (C=O) groups excluding carboxylic acids is 2. The fourth-order valence-electron chi connectivity index (χ4n) is 3.98. The van der Waals surface area contributed by atoms with Crippen molar-refractivity contribution in [2.24, 2.45) is 5.10 Å². The lowest BCUT2D eigenvalue weighted by Gasteiger charge is -2.31. The van der Waals surface area contributed by atoms with Gasteiger partial charge in [0.05, 0.1) is 17.2 Å². The second kappa shape index (κ2) is 10.5. The van der Waals surface area contributed by atoms with E-state index >= 15 is 0 Å². The van der Waals surface area contributed by atoms with Gasteiger partial charge in [-0.1, -0.05) is 18.2 Å². The van der Waals surface area contributed by atoms with E-state index in [1.54, 1.807) is 31.2 Å². The molecule has 0 saturated carbocycles. The molecule has 2 aromatic carbocycles. The molecular weight excluding hydrogens is 470 g/mol. The number of benzene rings is 2. The zero-order valence-corrected chi connectivity index (χ0v) is 20.6. The van der Waals surface area contributed by atoms with Gasteiger partial charge < -0.3 is 15.0 Å². The van der Waals surface area contributed by atoms with Crippen molar-refractivity contribution >= 4 is 39.0 Å². The summed E-state index contributed by atoms with van der Waals surface area (Å²) in [5.74, 6) is -0.922. The molecule has 4 rings (SSSR count). The zero-order valence-electron chi connectivity index (χ0n) is 19.8. The lowest BCUT2D eigenvalue weighted by molar-refractivity contribution is -0.135. The highest BCUT2D eigenvalue weighted by molar-refractivity contribution is 7.89. The zero-order chi connectivity index (χ0) is 25.0. The van der Waals surface area contributed by atoms with E-state index in [9.17, 15) is 18.0 Å². The number of amides is 1. The fraction of sp³-hybridized carbons (Fsp3) is 0.375. The summed E-state index contributed by atoms with van der Waals surface area (Å²) in [5.41, 5.74) is 1.29. The molecule has 1 amide bonds. The predicted octanol–water partition coefficient (Wildman–Crippen LogP) is 1.76. The Hall–Kier alpha value is -3.28. The molecule has 1 fully saturated rings. The van der Waals surface area contributed by atoms with Crippen molar-refractivity contribution < 1.29 is 22.7 Å². The number of hydrazone groups is 1. The van der Waals surface area contributed by atoms with Crippen LogP contribution < -0.4 is 10.3 Å². The molecule has 11 heteroatoms. The molecule has 2 aromatic rings. The lowest BCUT2D eigenvalue weighted by Crippen LogP contribution is -2.47. The first-order chi connectivity index (χ1) is 16.8. The van der Waals surface area contributed by atoms with Crippen molar-refractivity contribution in [2.75, 3.05) is 50.2 Å². The van der Waals surface area contributed by atoms with Crippen LogP contribution in [0.1, 0.15) is 13.3 Å². The van der Waals surface area contributed by atoms with E-state index in [4.69, 9.17) is 4.74 Å². The number of esters is 1. The number of para-hydroxylation sites is 1. The van der Waals surface area contributed by atoms with E-state index in [1.807, 2.05) is 25.2 Å². The number of carbonyl (C=O) groups is 2. The number of piperazine rings is 1. The molecule has 2 aliphatic heterocycles. The molecule has 186 valence electrons. The van der Waals surface area contributed by atoms with Crippen LogP contribution in [0.4, 0.5) is 11.4 Å². The number of likely N-dealkylation sites (N-methyl/N-ethyl adjacent to an activating group) is 1.